The van der Waals surface area contributed by atoms with Crippen LogP contribution in [0.3, 0.4) is 0 Å². The summed E-state index contributed by atoms with van der Waals surface area (Å²) < 4.78 is 7.71. The van der Waals surface area contributed by atoms with Crippen LogP contribution < -0.4 is 10.1 Å². The SMILES string of the molecule is Cc1cc(-c2ccn3nc(NC(=O)C4CC4)cc3c2)c(OCC2CCN2C(=O)O)cn1. The maximum absolute atomic E-state index is 12.0. The fraction of sp³-hybridized carbons (Fsp3) is 0.364. The van der Waals surface area contributed by atoms with Crippen LogP contribution in [0.4, 0.5) is 10.6 Å². The van der Waals surface area contributed by atoms with E-state index in [2.05, 4.69) is 15.4 Å². The van der Waals surface area contributed by atoms with Gasteiger partial charge in [0.15, 0.2) is 5.82 Å². The highest BCUT2D eigenvalue weighted by Crippen LogP contribution is 2.33. The lowest BCUT2D eigenvalue weighted by Gasteiger charge is -2.38. The summed E-state index contributed by atoms with van der Waals surface area (Å²) in [5.41, 5.74) is 3.50. The summed E-state index contributed by atoms with van der Waals surface area (Å²) in [4.78, 5) is 28.9. The maximum atomic E-state index is 12.0. The van der Waals surface area contributed by atoms with Crippen LogP contribution in [0.2, 0.25) is 0 Å². The molecule has 1 saturated carbocycles. The Morgan fingerprint density at radius 1 is 1.26 bits per heavy atom. The molecule has 2 fully saturated rings. The van der Waals surface area contributed by atoms with Crippen LogP contribution in [0.15, 0.2) is 36.7 Å². The first-order valence-electron chi connectivity index (χ1n) is 10.4. The number of likely N-dealkylation sites (tertiary alicyclic amines) is 1. The average molecular weight is 421 g/mol. The van der Waals surface area contributed by atoms with Crippen molar-refractivity contribution in [2.75, 3.05) is 18.5 Å². The number of nitrogens with one attached hydrogen (secondary N) is 1. The van der Waals surface area contributed by atoms with Gasteiger partial charge in [-0.1, -0.05) is 0 Å². The monoisotopic (exact) mass is 421 g/mol. The number of pyridine rings is 2. The van der Waals surface area contributed by atoms with E-state index in [1.807, 2.05) is 37.4 Å². The third kappa shape index (κ3) is 3.90. The fourth-order valence-corrected chi connectivity index (χ4v) is 3.74. The Hall–Kier alpha value is -3.62. The van der Waals surface area contributed by atoms with Crippen LogP contribution in [0.1, 0.15) is 25.0 Å². The second kappa shape index (κ2) is 7.57. The lowest BCUT2D eigenvalue weighted by Crippen LogP contribution is -2.53. The maximum Gasteiger partial charge on any atom is 0.407 e. The molecule has 2 N–H and O–H groups in total. The van der Waals surface area contributed by atoms with E-state index < -0.39 is 6.09 Å². The number of hydrogen-bond donors (Lipinski definition) is 2. The third-order valence-corrected chi connectivity index (χ3v) is 5.80. The molecule has 3 aromatic rings. The fourth-order valence-electron chi connectivity index (χ4n) is 3.74. The highest BCUT2D eigenvalue weighted by molar-refractivity contribution is 5.93. The van der Waals surface area contributed by atoms with Crippen molar-refractivity contribution in [1.82, 2.24) is 19.5 Å². The topological polar surface area (TPSA) is 109 Å². The van der Waals surface area contributed by atoms with Crippen molar-refractivity contribution >= 4 is 23.3 Å². The average Bonchev–Trinajstić information content (AvgIpc) is 3.48. The Balaban J connectivity index is 1.38. The summed E-state index contributed by atoms with van der Waals surface area (Å²) in [6.45, 7) is 2.74. The molecule has 9 heteroatoms. The Bertz CT molecular complexity index is 1170. The smallest absolute Gasteiger partial charge is 0.407 e. The van der Waals surface area contributed by atoms with E-state index in [1.54, 1.807) is 10.7 Å². The van der Waals surface area contributed by atoms with Gasteiger partial charge in [0.05, 0.1) is 17.8 Å². The number of carboxylic acid groups (broad SMARTS) is 1. The van der Waals surface area contributed by atoms with Crippen molar-refractivity contribution in [3.05, 3.63) is 42.4 Å². The molecule has 1 atom stereocenters. The molecule has 1 aliphatic heterocycles. The molecule has 1 aliphatic carbocycles. The molecule has 2 amide bonds. The van der Waals surface area contributed by atoms with Gasteiger partial charge in [0.2, 0.25) is 5.91 Å². The molecule has 9 nitrogen and oxygen atoms in total. The molecule has 2 aliphatic rings. The summed E-state index contributed by atoms with van der Waals surface area (Å²) in [6, 6.07) is 7.57. The zero-order valence-electron chi connectivity index (χ0n) is 17.1. The Morgan fingerprint density at radius 3 is 2.81 bits per heavy atom. The number of hydrogen-bond acceptors (Lipinski definition) is 5. The summed E-state index contributed by atoms with van der Waals surface area (Å²) >= 11 is 0. The standard InChI is InChI=1S/C22H23N5O4/c1-13-8-18(19(11-23-13)31-12-16-5-6-26(16)22(29)30)15-4-7-27-17(9-15)10-20(25-27)24-21(28)14-2-3-14/h4,7-11,14,16H,2-3,5-6,12H2,1H3,(H,29,30)(H,24,25,28). The summed E-state index contributed by atoms with van der Waals surface area (Å²) in [5.74, 6) is 1.28. The van der Waals surface area contributed by atoms with Crippen LogP contribution in [-0.4, -0.2) is 55.8 Å². The number of carbonyl (C=O) groups excluding carboxylic acids is 1. The summed E-state index contributed by atoms with van der Waals surface area (Å²) in [6.07, 6.45) is 5.28. The quantitative estimate of drug-likeness (QED) is 0.633. The molecule has 0 spiro atoms. The van der Waals surface area contributed by atoms with Crippen molar-refractivity contribution in [2.24, 2.45) is 5.92 Å². The highest BCUT2D eigenvalue weighted by atomic mass is 16.5. The number of nitrogens with zero attached hydrogens (tertiary/aromatic N) is 4. The van der Waals surface area contributed by atoms with E-state index >= 15 is 0 Å². The van der Waals surface area contributed by atoms with Crippen LogP contribution in [-0.2, 0) is 4.79 Å². The minimum Gasteiger partial charge on any atom is -0.489 e. The highest BCUT2D eigenvalue weighted by Gasteiger charge is 2.33. The molecule has 0 bridgehead atoms. The lowest BCUT2D eigenvalue weighted by atomic mass is 10.0. The first kappa shape index (κ1) is 19.3. The Kier molecular flexibility index (Phi) is 4.72. The second-order valence-corrected chi connectivity index (χ2v) is 8.13. The molecule has 1 unspecified atom stereocenters. The molecular weight excluding hydrogens is 398 g/mol. The molecule has 5 rings (SSSR count). The van der Waals surface area contributed by atoms with Crippen molar-refractivity contribution in [1.29, 1.82) is 0 Å². The van der Waals surface area contributed by atoms with Gasteiger partial charge in [-0.05, 0) is 49.9 Å². The largest absolute Gasteiger partial charge is 0.489 e. The molecular formula is C22H23N5O4. The first-order chi connectivity index (χ1) is 15.0. The van der Waals surface area contributed by atoms with Crippen molar-refractivity contribution < 1.29 is 19.4 Å². The zero-order valence-corrected chi connectivity index (χ0v) is 17.1. The van der Waals surface area contributed by atoms with Gasteiger partial charge in [0.25, 0.3) is 0 Å². The van der Waals surface area contributed by atoms with Gasteiger partial charge >= 0.3 is 6.09 Å². The number of anilines is 1. The number of rotatable bonds is 6. The number of aromatic nitrogens is 3. The van der Waals surface area contributed by atoms with E-state index in [1.165, 1.54) is 4.90 Å². The van der Waals surface area contributed by atoms with Gasteiger partial charge in [0.1, 0.15) is 12.4 Å². The number of ether oxygens (including phenoxy) is 1. The van der Waals surface area contributed by atoms with Gasteiger partial charge in [-0.3, -0.25) is 9.78 Å². The molecule has 0 radical (unpaired) electrons. The summed E-state index contributed by atoms with van der Waals surface area (Å²) in [5, 5.41) is 16.5. The van der Waals surface area contributed by atoms with Gasteiger partial charge < -0.3 is 20.1 Å². The van der Waals surface area contributed by atoms with Crippen LogP contribution in [0.25, 0.3) is 16.6 Å². The number of aryl methyl sites for hydroxylation is 1. The minimum atomic E-state index is -0.919. The molecule has 160 valence electrons. The van der Waals surface area contributed by atoms with Gasteiger partial charge in [-0.25, -0.2) is 9.31 Å². The Labute approximate surface area is 178 Å². The minimum absolute atomic E-state index is 0.0236. The number of fused-ring (bicyclic) bond motifs is 1. The van der Waals surface area contributed by atoms with Crippen LogP contribution >= 0.6 is 0 Å². The number of carbonyl (C=O) groups is 2. The van der Waals surface area contributed by atoms with Crippen molar-refractivity contribution in [2.45, 2.75) is 32.2 Å². The number of amides is 2. The first-order valence-corrected chi connectivity index (χ1v) is 10.4. The van der Waals surface area contributed by atoms with E-state index in [4.69, 9.17) is 4.74 Å². The normalized spacial score (nSPS) is 18.0. The third-order valence-electron chi connectivity index (χ3n) is 5.80. The predicted molar refractivity (Wildman–Crippen MR) is 113 cm³/mol. The van der Waals surface area contributed by atoms with Crippen molar-refractivity contribution in [3.63, 3.8) is 0 Å². The molecule has 31 heavy (non-hydrogen) atoms. The molecule has 0 aromatic carbocycles. The Morgan fingerprint density at radius 2 is 2.10 bits per heavy atom. The van der Waals surface area contributed by atoms with Crippen LogP contribution in [0, 0.1) is 12.8 Å². The zero-order chi connectivity index (χ0) is 21.5. The predicted octanol–water partition coefficient (Wildman–Crippen LogP) is 3.18. The van der Waals surface area contributed by atoms with Crippen LogP contribution in [0.5, 0.6) is 5.75 Å². The molecule has 3 aromatic heterocycles. The lowest BCUT2D eigenvalue weighted by molar-refractivity contribution is -0.117. The van der Waals surface area contributed by atoms with E-state index in [-0.39, 0.29) is 24.5 Å². The van der Waals surface area contributed by atoms with Gasteiger partial charge in [-0.15, -0.1) is 0 Å². The molecule has 1 saturated heterocycles. The second-order valence-electron chi connectivity index (χ2n) is 8.13. The van der Waals surface area contributed by atoms with E-state index in [9.17, 15) is 14.7 Å². The van der Waals surface area contributed by atoms with Gasteiger partial charge in [0, 0.05) is 36.0 Å². The van der Waals surface area contributed by atoms with Gasteiger partial charge in [-0.2, -0.15) is 5.10 Å². The summed E-state index contributed by atoms with van der Waals surface area (Å²) in [7, 11) is 0. The van der Waals surface area contributed by atoms with Crippen molar-refractivity contribution in [3.8, 4) is 16.9 Å². The van der Waals surface area contributed by atoms with E-state index in [0.29, 0.717) is 18.1 Å². The molecule has 4 heterocycles. The van der Waals surface area contributed by atoms with E-state index in [0.717, 1.165) is 41.6 Å².